The van der Waals surface area contributed by atoms with Gasteiger partial charge in [-0.25, -0.2) is 9.79 Å². The zero-order valence-electron chi connectivity index (χ0n) is 16.5. The predicted molar refractivity (Wildman–Crippen MR) is 121 cm³/mol. The minimum absolute atomic E-state index is 0.144. The Labute approximate surface area is 189 Å². The summed E-state index contributed by atoms with van der Waals surface area (Å²) in [4.78, 5) is 16.7. The van der Waals surface area contributed by atoms with Crippen molar-refractivity contribution >= 4 is 41.1 Å². The SMILES string of the molecule is COc1ccc(Cl)cc1C1=N/C(=C/c2cccc(OCc3ccc(Cl)cc3)c2)C(=O)O1. The van der Waals surface area contributed by atoms with Crippen LogP contribution in [0.1, 0.15) is 16.7 Å². The van der Waals surface area contributed by atoms with Crippen molar-refractivity contribution in [2.75, 3.05) is 7.11 Å². The number of esters is 1. The van der Waals surface area contributed by atoms with E-state index >= 15 is 0 Å². The summed E-state index contributed by atoms with van der Waals surface area (Å²) in [5.74, 6) is 0.765. The zero-order valence-corrected chi connectivity index (χ0v) is 18.0. The van der Waals surface area contributed by atoms with Gasteiger partial charge in [0.25, 0.3) is 0 Å². The molecule has 0 N–H and O–H groups in total. The van der Waals surface area contributed by atoms with Crippen LogP contribution in [0.4, 0.5) is 0 Å². The molecule has 1 aliphatic heterocycles. The lowest BCUT2D eigenvalue weighted by Crippen LogP contribution is -2.07. The van der Waals surface area contributed by atoms with Gasteiger partial charge in [0.1, 0.15) is 18.1 Å². The van der Waals surface area contributed by atoms with Gasteiger partial charge in [-0.2, -0.15) is 0 Å². The molecule has 3 aromatic carbocycles. The van der Waals surface area contributed by atoms with E-state index in [1.165, 1.54) is 7.11 Å². The van der Waals surface area contributed by atoms with Gasteiger partial charge in [-0.05, 0) is 59.7 Å². The molecule has 0 spiro atoms. The molecule has 0 fully saturated rings. The maximum Gasteiger partial charge on any atom is 0.363 e. The fourth-order valence-corrected chi connectivity index (χ4v) is 3.27. The van der Waals surface area contributed by atoms with Gasteiger partial charge in [-0.1, -0.05) is 47.5 Å². The predicted octanol–water partition coefficient (Wildman–Crippen LogP) is 5.93. The Morgan fingerprint density at radius 3 is 2.55 bits per heavy atom. The molecule has 0 amide bonds. The van der Waals surface area contributed by atoms with Crippen molar-refractivity contribution in [3.63, 3.8) is 0 Å². The molecular formula is C24H17Cl2NO4. The summed E-state index contributed by atoms with van der Waals surface area (Å²) in [6, 6.07) is 19.8. The number of ether oxygens (including phenoxy) is 3. The highest BCUT2D eigenvalue weighted by Crippen LogP contribution is 2.28. The number of aliphatic imine (C=N–C) groups is 1. The van der Waals surface area contributed by atoms with Crippen molar-refractivity contribution in [2.24, 2.45) is 4.99 Å². The van der Waals surface area contributed by atoms with Crippen LogP contribution < -0.4 is 9.47 Å². The molecule has 0 aromatic heterocycles. The van der Waals surface area contributed by atoms with Gasteiger partial charge in [0.2, 0.25) is 5.90 Å². The summed E-state index contributed by atoms with van der Waals surface area (Å²) in [5.41, 5.74) is 2.43. The van der Waals surface area contributed by atoms with Gasteiger partial charge >= 0.3 is 5.97 Å². The number of carbonyl (C=O) groups is 1. The summed E-state index contributed by atoms with van der Waals surface area (Å²) in [6.07, 6.45) is 1.64. The van der Waals surface area contributed by atoms with Crippen LogP contribution in [0.2, 0.25) is 10.0 Å². The van der Waals surface area contributed by atoms with Crippen LogP contribution in [0.15, 0.2) is 77.4 Å². The van der Waals surface area contributed by atoms with Gasteiger partial charge in [-0.3, -0.25) is 0 Å². The largest absolute Gasteiger partial charge is 0.496 e. The van der Waals surface area contributed by atoms with Crippen LogP contribution in [0.3, 0.4) is 0 Å². The Morgan fingerprint density at radius 1 is 1.00 bits per heavy atom. The highest BCUT2D eigenvalue weighted by molar-refractivity contribution is 6.31. The second kappa shape index (κ2) is 9.25. The molecular weight excluding hydrogens is 437 g/mol. The number of cyclic esters (lactones) is 1. The Morgan fingerprint density at radius 2 is 1.77 bits per heavy atom. The monoisotopic (exact) mass is 453 g/mol. The normalized spacial score (nSPS) is 14.4. The Bertz CT molecular complexity index is 1190. The minimum atomic E-state index is -0.551. The topological polar surface area (TPSA) is 57.1 Å². The molecule has 0 saturated heterocycles. The molecule has 156 valence electrons. The molecule has 0 aliphatic carbocycles. The second-order valence-corrected chi connectivity index (χ2v) is 7.54. The second-order valence-electron chi connectivity index (χ2n) is 6.67. The van der Waals surface area contributed by atoms with Crippen LogP contribution in [0, 0.1) is 0 Å². The van der Waals surface area contributed by atoms with E-state index in [4.69, 9.17) is 37.4 Å². The summed E-state index contributed by atoms with van der Waals surface area (Å²) in [6.45, 7) is 0.399. The van der Waals surface area contributed by atoms with E-state index in [-0.39, 0.29) is 11.6 Å². The maximum absolute atomic E-state index is 12.3. The van der Waals surface area contributed by atoms with E-state index in [2.05, 4.69) is 4.99 Å². The van der Waals surface area contributed by atoms with Gasteiger partial charge < -0.3 is 14.2 Å². The molecule has 0 atom stereocenters. The molecule has 0 bridgehead atoms. The standard InChI is InChI=1S/C24H17Cl2NO4/c1-29-22-10-9-18(26)13-20(22)23-27-21(24(28)31-23)12-16-3-2-4-19(11-16)30-14-15-5-7-17(25)8-6-15/h2-13H,14H2,1H3/b21-12+. The third-order valence-electron chi connectivity index (χ3n) is 4.49. The zero-order chi connectivity index (χ0) is 21.8. The Balaban J connectivity index is 1.54. The first-order valence-electron chi connectivity index (χ1n) is 9.35. The van der Waals surface area contributed by atoms with Crippen LogP contribution >= 0.6 is 23.2 Å². The van der Waals surface area contributed by atoms with Gasteiger partial charge in [0.15, 0.2) is 5.70 Å². The number of halogens is 2. The highest BCUT2D eigenvalue weighted by atomic mass is 35.5. The van der Waals surface area contributed by atoms with E-state index in [1.54, 1.807) is 24.3 Å². The lowest BCUT2D eigenvalue weighted by atomic mass is 10.2. The molecule has 5 nitrogen and oxygen atoms in total. The van der Waals surface area contributed by atoms with Crippen molar-refractivity contribution in [2.45, 2.75) is 6.61 Å². The van der Waals surface area contributed by atoms with Crippen molar-refractivity contribution < 1.29 is 19.0 Å². The number of rotatable bonds is 6. The molecule has 1 aliphatic rings. The van der Waals surface area contributed by atoms with E-state index in [0.29, 0.717) is 33.7 Å². The van der Waals surface area contributed by atoms with Crippen molar-refractivity contribution in [1.29, 1.82) is 0 Å². The number of hydrogen-bond acceptors (Lipinski definition) is 5. The van der Waals surface area contributed by atoms with Crippen LogP contribution in [0.5, 0.6) is 11.5 Å². The number of methoxy groups -OCH3 is 1. The fourth-order valence-electron chi connectivity index (χ4n) is 2.97. The first-order valence-corrected chi connectivity index (χ1v) is 10.1. The quantitative estimate of drug-likeness (QED) is 0.343. The van der Waals surface area contributed by atoms with Crippen LogP contribution in [0.25, 0.3) is 6.08 Å². The minimum Gasteiger partial charge on any atom is -0.496 e. The number of benzene rings is 3. The van der Waals surface area contributed by atoms with Crippen molar-refractivity contribution in [1.82, 2.24) is 0 Å². The molecule has 1 heterocycles. The van der Waals surface area contributed by atoms with E-state index in [1.807, 2.05) is 48.5 Å². The molecule has 0 saturated carbocycles. The average molecular weight is 454 g/mol. The van der Waals surface area contributed by atoms with Crippen LogP contribution in [-0.2, 0) is 16.1 Å². The Hall–Kier alpha value is -3.28. The summed E-state index contributed by atoms with van der Waals surface area (Å²) in [5, 5.41) is 1.16. The van der Waals surface area contributed by atoms with Gasteiger partial charge in [-0.15, -0.1) is 0 Å². The van der Waals surface area contributed by atoms with E-state index in [0.717, 1.165) is 11.1 Å². The Kier molecular flexibility index (Phi) is 6.26. The molecule has 3 aromatic rings. The van der Waals surface area contributed by atoms with Crippen molar-refractivity contribution in [3.05, 3.63) is 99.2 Å². The van der Waals surface area contributed by atoms with Crippen LogP contribution in [-0.4, -0.2) is 19.0 Å². The summed E-state index contributed by atoms with van der Waals surface area (Å²) in [7, 11) is 1.52. The molecule has 4 rings (SSSR count). The lowest BCUT2D eigenvalue weighted by molar-refractivity contribution is -0.129. The molecule has 31 heavy (non-hydrogen) atoms. The summed E-state index contributed by atoms with van der Waals surface area (Å²) < 4.78 is 16.5. The maximum atomic E-state index is 12.3. The van der Waals surface area contributed by atoms with Gasteiger partial charge in [0.05, 0.1) is 12.7 Å². The number of carbonyl (C=O) groups excluding carboxylic acids is 1. The first-order chi connectivity index (χ1) is 15.0. The highest BCUT2D eigenvalue weighted by Gasteiger charge is 2.26. The third kappa shape index (κ3) is 5.08. The first kappa shape index (κ1) is 21.0. The summed E-state index contributed by atoms with van der Waals surface area (Å²) >= 11 is 12.0. The third-order valence-corrected chi connectivity index (χ3v) is 4.98. The van der Waals surface area contributed by atoms with Gasteiger partial charge in [0, 0.05) is 10.0 Å². The number of hydrogen-bond donors (Lipinski definition) is 0. The average Bonchev–Trinajstić information content (AvgIpc) is 3.13. The lowest BCUT2D eigenvalue weighted by Gasteiger charge is -2.07. The molecule has 0 unspecified atom stereocenters. The molecule has 7 heteroatoms. The molecule has 0 radical (unpaired) electrons. The smallest absolute Gasteiger partial charge is 0.363 e. The van der Waals surface area contributed by atoms with E-state index in [9.17, 15) is 4.79 Å². The van der Waals surface area contributed by atoms with Crippen molar-refractivity contribution in [3.8, 4) is 11.5 Å². The number of nitrogens with zero attached hydrogens (tertiary/aromatic N) is 1. The van der Waals surface area contributed by atoms with E-state index < -0.39 is 5.97 Å². The fraction of sp³-hybridized carbons (Fsp3) is 0.0833.